The quantitative estimate of drug-likeness (QED) is 0.313. The van der Waals surface area contributed by atoms with Crippen LogP contribution in [-0.4, -0.2) is 30.7 Å². The summed E-state index contributed by atoms with van der Waals surface area (Å²) < 4.78 is 7.74. The largest absolute Gasteiger partial charge is 0.478 e. The first-order chi connectivity index (χ1) is 15.8. The molecule has 0 aliphatic carbocycles. The number of halogens is 1. The van der Waals surface area contributed by atoms with Gasteiger partial charge in [0.2, 0.25) is 0 Å². The van der Waals surface area contributed by atoms with Crippen molar-refractivity contribution >= 4 is 39.5 Å². The van der Waals surface area contributed by atoms with Gasteiger partial charge in [-0.25, -0.2) is 4.79 Å². The number of aliphatic hydroxyl groups excluding tert-OH is 1. The van der Waals surface area contributed by atoms with Crippen molar-refractivity contribution in [3.05, 3.63) is 76.4 Å². The minimum atomic E-state index is -1.01. The first-order valence-corrected chi connectivity index (χ1v) is 10.6. The number of aromatic nitrogens is 3. The molecule has 33 heavy (non-hydrogen) atoms. The molecule has 0 radical (unpaired) electrons. The zero-order valence-corrected chi connectivity index (χ0v) is 18.6. The predicted molar refractivity (Wildman–Crippen MR) is 127 cm³/mol. The third-order valence-corrected chi connectivity index (χ3v) is 6.13. The maximum atomic E-state index is 11.4. The van der Waals surface area contributed by atoms with Gasteiger partial charge in [-0.15, -0.1) is 0 Å². The summed E-state index contributed by atoms with van der Waals surface area (Å²) in [5, 5.41) is 20.4. The number of hydrogen-bond acceptors (Lipinski definition) is 4. The van der Waals surface area contributed by atoms with Gasteiger partial charge in [0.1, 0.15) is 5.75 Å². The van der Waals surface area contributed by atoms with Crippen LogP contribution in [0.15, 0.2) is 54.6 Å². The van der Waals surface area contributed by atoms with Crippen LogP contribution in [0.3, 0.4) is 0 Å². The number of fused-ring (bicyclic) bond motifs is 2. The Morgan fingerprint density at radius 3 is 2.73 bits per heavy atom. The fourth-order valence-electron chi connectivity index (χ4n) is 4.01. The molecule has 0 aliphatic rings. The van der Waals surface area contributed by atoms with E-state index in [1.807, 2.05) is 41.9 Å². The number of aromatic carboxylic acids is 1. The zero-order valence-electron chi connectivity index (χ0n) is 17.9. The van der Waals surface area contributed by atoms with Crippen molar-refractivity contribution in [1.29, 1.82) is 0 Å². The topological polar surface area (TPSA) is 100 Å². The Morgan fingerprint density at radius 1 is 1.15 bits per heavy atom. The standard InChI is InChI=1S/C25H20ClN3O4/c1-13-3-5-17(9-18(13)24(31)32)33-25-27-21-10-19(20(26)11-22(21)28-25)14-4-6-23-15(7-14)8-16(12-30)29(23)2/h3-11,30H,12H2,1-2H3,(H,27,28)(H,31,32). The van der Waals surface area contributed by atoms with E-state index in [-0.39, 0.29) is 18.2 Å². The van der Waals surface area contributed by atoms with Gasteiger partial charge in [0.05, 0.1) is 28.2 Å². The highest BCUT2D eigenvalue weighted by molar-refractivity contribution is 6.34. The molecule has 0 saturated heterocycles. The molecule has 0 spiro atoms. The predicted octanol–water partition coefficient (Wildman–Crippen LogP) is 5.67. The molecule has 0 unspecified atom stereocenters. The normalized spacial score (nSPS) is 11.4. The average molecular weight is 462 g/mol. The van der Waals surface area contributed by atoms with Crippen LogP contribution in [-0.2, 0) is 13.7 Å². The highest BCUT2D eigenvalue weighted by Crippen LogP contribution is 2.35. The van der Waals surface area contributed by atoms with Gasteiger partial charge in [-0.2, -0.15) is 4.98 Å². The Balaban J connectivity index is 1.52. The Bertz CT molecular complexity index is 1550. The van der Waals surface area contributed by atoms with Gasteiger partial charge in [0.15, 0.2) is 0 Å². The van der Waals surface area contributed by atoms with E-state index in [4.69, 9.17) is 16.3 Å². The van der Waals surface area contributed by atoms with Crippen LogP contribution >= 0.6 is 11.6 Å². The fraction of sp³-hybridized carbons (Fsp3) is 0.120. The first kappa shape index (κ1) is 21.1. The maximum Gasteiger partial charge on any atom is 0.336 e. The number of hydrogen-bond donors (Lipinski definition) is 3. The number of nitrogens with zero attached hydrogens (tertiary/aromatic N) is 2. The lowest BCUT2D eigenvalue weighted by Gasteiger charge is -2.06. The van der Waals surface area contributed by atoms with E-state index in [2.05, 4.69) is 9.97 Å². The number of aromatic amines is 1. The van der Waals surface area contributed by atoms with Gasteiger partial charge >= 0.3 is 5.97 Å². The molecule has 2 heterocycles. The summed E-state index contributed by atoms with van der Waals surface area (Å²) in [7, 11) is 1.92. The number of aryl methyl sites for hydroxylation is 2. The van der Waals surface area contributed by atoms with Crippen LogP contribution in [0.5, 0.6) is 11.8 Å². The number of H-pyrrole nitrogens is 1. The molecule has 8 heteroatoms. The number of imidazole rings is 1. The van der Waals surface area contributed by atoms with Crippen molar-refractivity contribution in [3.8, 4) is 22.9 Å². The van der Waals surface area contributed by atoms with Gasteiger partial charge in [0.25, 0.3) is 6.01 Å². The molecule has 0 aliphatic heterocycles. The number of benzene rings is 3. The van der Waals surface area contributed by atoms with Crippen LogP contribution in [0.1, 0.15) is 21.6 Å². The molecule has 5 rings (SSSR count). The maximum absolute atomic E-state index is 11.4. The lowest BCUT2D eigenvalue weighted by molar-refractivity contribution is 0.0695. The van der Waals surface area contributed by atoms with Crippen LogP contribution in [0.4, 0.5) is 0 Å². The summed E-state index contributed by atoms with van der Waals surface area (Å²) in [6, 6.07) is 16.8. The summed E-state index contributed by atoms with van der Waals surface area (Å²) >= 11 is 6.60. The summed E-state index contributed by atoms with van der Waals surface area (Å²) in [6.07, 6.45) is 0. The fourth-order valence-corrected chi connectivity index (χ4v) is 4.28. The Kier molecular flexibility index (Phi) is 5.08. The highest BCUT2D eigenvalue weighted by Gasteiger charge is 2.14. The second kappa shape index (κ2) is 7.95. The lowest BCUT2D eigenvalue weighted by atomic mass is 10.0. The molecule has 0 fully saturated rings. The number of rotatable bonds is 5. The first-order valence-electron chi connectivity index (χ1n) is 10.2. The number of carboxylic acids is 1. The minimum absolute atomic E-state index is 0.0295. The Morgan fingerprint density at radius 2 is 1.97 bits per heavy atom. The van der Waals surface area contributed by atoms with Gasteiger partial charge in [0, 0.05) is 29.2 Å². The smallest absolute Gasteiger partial charge is 0.336 e. The highest BCUT2D eigenvalue weighted by atomic mass is 35.5. The van der Waals surface area contributed by atoms with Crippen molar-refractivity contribution in [2.24, 2.45) is 7.05 Å². The van der Waals surface area contributed by atoms with Crippen LogP contribution in [0, 0.1) is 6.92 Å². The lowest BCUT2D eigenvalue weighted by Crippen LogP contribution is -2.00. The van der Waals surface area contributed by atoms with Crippen molar-refractivity contribution in [2.75, 3.05) is 0 Å². The summed E-state index contributed by atoms with van der Waals surface area (Å²) in [5.74, 6) is -0.641. The third kappa shape index (κ3) is 3.71. The SMILES string of the molecule is Cc1ccc(Oc2nc3cc(-c4ccc5c(c4)cc(CO)n5C)c(Cl)cc3[nH]2)cc1C(=O)O. The van der Waals surface area contributed by atoms with E-state index >= 15 is 0 Å². The molecule has 0 saturated carbocycles. The molecule has 0 bridgehead atoms. The van der Waals surface area contributed by atoms with E-state index in [0.717, 1.165) is 27.7 Å². The number of carbonyl (C=O) groups is 1. The number of ether oxygens (including phenoxy) is 1. The summed E-state index contributed by atoms with van der Waals surface area (Å²) in [5.41, 5.74) is 5.80. The molecule has 166 valence electrons. The van der Waals surface area contributed by atoms with Crippen molar-refractivity contribution in [3.63, 3.8) is 0 Å². The summed E-state index contributed by atoms with van der Waals surface area (Å²) in [4.78, 5) is 19.0. The molecular formula is C25H20ClN3O4. The number of aliphatic hydroxyl groups is 1. The van der Waals surface area contributed by atoms with Crippen molar-refractivity contribution < 1.29 is 19.7 Å². The summed E-state index contributed by atoms with van der Waals surface area (Å²) in [6.45, 7) is 1.70. The third-order valence-electron chi connectivity index (χ3n) is 5.82. The van der Waals surface area contributed by atoms with E-state index in [0.29, 0.717) is 27.4 Å². The Hall–Kier alpha value is -3.81. The van der Waals surface area contributed by atoms with Crippen LogP contribution in [0.2, 0.25) is 5.02 Å². The Labute approximate surface area is 193 Å². The van der Waals surface area contributed by atoms with E-state index < -0.39 is 5.97 Å². The average Bonchev–Trinajstić information content (AvgIpc) is 3.33. The number of carboxylic acid groups (broad SMARTS) is 1. The monoisotopic (exact) mass is 461 g/mol. The molecule has 7 nitrogen and oxygen atoms in total. The number of nitrogens with one attached hydrogen (secondary N) is 1. The van der Waals surface area contributed by atoms with E-state index in [1.165, 1.54) is 6.07 Å². The molecule has 2 aromatic heterocycles. The molecule has 0 atom stereocenters. The second-order valence-electron chi connectivity index (χ2n) is 7.90. The van der Waals surface area contributed by atoms with Gasteiger partial charge < -0.3 is 24.5 Å². The molecular weight excluding hydrogens is 442 g/mol. The molecule has 5 aromatic rings. The van der Waals surface area contributed by atoms with Crippen LogP contribution < -0.4 is 4.74 Å². The molecule has 0 amide bonds. The van der Waals surface area contributed by atoms with Crippen LogP contribution in [0.25, 0.3) is 33.1 Å². The van der Waals surface area contributed by atoms with Gasteiger partial charge in [-0.05, 0) is 60.5 Å². The zero-order chi connectivity index (χ0) is 23.3. The van der Waals surface area contributed by atoms with E-state index in [1.54, 1.807) is 25.1 Å². The molecule has 3 N–H and O–H groups in total. The second-order valence-corrected chi connectivity index (χ2v) is 8.31. The van der Waals surface area contributed by atoms with Gasteiger partial charge in [-0.1, -0.05) is 23.7 Å². The van der Waals surface area contributed by atoms with Crippen molar-refractivity contribution in [1.82, 2.24) is 14.5 Å². The minimum Gasteiger partial charge on any atom is -0.478 e. The van der Waals surface area contributed by atoms with Gasteiger partial charge in [-0.3, -0.25) is 0 Å². The van der Waals surface area contributed by atoms with Crippen molar-refractivity contribution in [2.45, 2.75) is 13.5 Å². The van der Waals surface area contributed by atoms with E-state index in [9.17, 15) is 15.0 Å². The molecule has 3 aromatic carbocycles.